The number of anilines is 2. The van der Waals surface area contributed by atoms with Crippen molar-refractivity contribution in [3.63, 3.8) is 0 Å². The van der Waals surface area contributed by atoms with Gasteiger partial charge >= 0.3 is 6.18 Å². The molecule has 0 aliphatic carbocycles. The summed E-state index contributed by atoms with van der Waals surface area (Å²) in [6, 6.07) is 13.7. The van der Waals surface area contributed by atoms with E-state index >= 15 is 0 Å². The fourth-order valence-electron chi connectivity index (χ4n) is 4.53. The Balaban J connectivity index is 1.48. The molecule has 2 aromatic heterocycles. The van der Waals surface area contributed by atoms with Gasteiger partial charge < -0.3 is 10.2 Å². The number of piperazine rings is 1. The molecular formula is C23H22F3N5O2S. The van der Waals surface area contributed by atoms with E-state index in [1.54, 1.807) is 37.3 Å². The van der Waals surface area contributed by atoms with Crippen LogP contribution in [0, 0.1) is 6.92 Å². The van der Waals surface area contributed by atoms with Crippen molar-refractivity contribution in [2.24, 2.45) is 0 Å². The van der Waals surface area contributed by atoms with E-state index in [9.17, 15) is 21.6 Å². The van der Waals surface area contributed by atoms with Crippen molar-refractivity contribution in [2.45, 2.75) is 36.6 Å². The van der Waals surface area contributed by atoms with Gasteiger partial charge in [0.15, 0.2) is 5.03 Å². The van der Waals surface area contributed by atoms with Gasteiger partial charge in [0.1, 0.15) is 11.6 Å². The van der Waals surface area contributed by atoms with E-state index in [2.05, 4.69) is 24.9 Å². The summed E-state index contributed by atoms with van der Waals surface area (Å²) in [5.41, 5.74) is -0.423. The average Bonchev–Trinajstić information content (AvgIpc) is 3.42. The van der Waals surface area contributed by atoms with E-state index in [0.717, 1.165) is 31.6 Å². The fraction of sp³-hybridized carbons (Fsp3) is 0.304. The largest absolute Gasteiger partial charge is 0.418 e. The van der Waals surface area contributed by atoms with Gasteiger partial charge in [0.05, 0.1) is 11.3 Å². The smallest absolute Gasteiger partial charge is 0.351 e. The molecule has 2 atom stereocenters. The molecule has 0 spiro atoms. The molecule has 2 aliphatic heterocycles. The van der Waals surface area contributed by atoms with E-state index in [1.165, 1.54) is 12.1 Å². The van der Waals surface area contributed by atoms with Crippen LogP contribution in [0.2, 0.25) is 0 Å². The fourth-order valence-corrected chi connectivity index (χ4v) is 5.50. The van der Waals surface area contributed by atoms with Crippen LogP contribution >= 0.6 is 0 Å². The molecule has 7 nitrogen and oxygen atoms in total. The Morgan fingerprint density at radius 3 is 2.53 bits per heavy atom. The predicted molar refractivity (Wildman–Crippen MR) is 122 cm³/mol. The Labute approximate surface area is 195 Å². The molecule has 4 heterocycles. The highest BCUT2D eigenvalue weighted by molar-refractivity contribution is 7.92. The number of aryl methyl sites for hydroxylation is 1. The number of nitrogens with zero attached hydrogens (tertiary/aromatic N) is 3. The normalized spacial score (nSPS) is 20.1. The minimum atomic E-state index is -4.65. The summed E-state index contributed by atoms with van der Waals surface area (Å²) in [5, 5.41) is 3.16. The Bertz CT molecular complexity index is 1350. The zero-order chi connectivity index (χ0) is 24.1. The van der Waals surface area contributed by atoms with Crippen LogP contribution < -0.4 is 14.9 Å². The monoisotopic (exact) mass is 489 g/mol. The first-order chi connectivity index (χ1) is 16.1. The topological polar surface area (TPSA) is 87.2 Å². The highest BCUT2D eigenvalue weighted by Crippen LogP contribution is 2.38. The van der Waals surface area contributed by atoms with Gasteiger partial charge in [-0.1, -0.05) is 30.3 Å². The lowest BCUT2D eigenvalue weighted by Gasteiger charge is -2.28. The standard InChI is InChI=1S/C23H22F3N5O2S/c1-14-5-2-3-6-17(14)22-18(23(24,25)26)9-10-19(28-22)30-34(32,33)21-8-4-7-20(29-21)31-13-15-11-16(31)12-27-15/h2-10,15-16,27H,11-13H2,1H3,(H,28,30)/t15-,16-/m0/s1. The van der Waals surface area contributed by atoms with Crippen LogP contribution in [0.5, 0.6) is 0 Å². The van der Waals surface area contributed by atoms with Crippen LogP contribution in [0.25, 0.3) is 11.3 Å². The lowest BCUT2D eigenvalue weighted by atomic mass is 10.0. The number of pyridine rings is 2. The predicted octanol–water partition coefficient (Wildman–Crippen LogP) is 3.82. The highest BCUT2D eigenvalue weighted by atomic mass is 32.2. The number of hydrogen-bond acceptors (Lipinski definition) is 6. The maximum absolute atomic E-state index is 13.7. The van der Waals surface area contributed by atoms with Crippen LogP contribution in [0.15, 0.2) is 59.6 Å². The van der Waals surface area contributed by atoms with Gasteiger partial charge in [0.25, 0.3) is 10.0 Å². The van der Waals surface area contributed by atoms with E-state index < -0.39 is 21.8 Å². The van der Waals surface area contributed by atoms with Crippen molar-refractivity contribution in [2.75, 3.05) is 22.7 Å². The van der Waals surface area contributed by atoms with Crippen LogP contribution in [-0.2, 0) is 16.2 Å². The Hall–Kier alpha value is -3.18. The highest BCUT2D eigenvalue weighted by Gasteiger charge is 2.38. The lowest BCUT2D eigenvalue weighted by Crippen LogP contribution is -2.44. The molecule has 0 unspecified atom stereocenters. The summed E-state index contributed by atoms with van der Waals surface area (Å²) in [6.07, 6.45) is -3.67. The minimum Gasteiger partial charge on any atom is -0.351 e. The maximum atomic E-state index is 13.7. The second kappa shape index (κ2) is 8.24. The molecule has 2 bridgehead atoms. The molecule has 2 aliphatic rings. The summed E-state index contributed by atoms with van der Waals surface area (Å²) in [6.45, 7) is 3.23. The quantitative estimate of drug-likeness (QED) is 0.567. The Morgan fingerprint density at radius 1 is 1.06 bits per heavy atom. The van der Waals surface area contributed by atoms with Crippen LogP contribution in [0.3, 0.4) is 0 Å². The Kier molecular flexibility index (Phi) is 5.48. The first-order valence-electron chi connectivity index (χ1n) is 10.8. The molecular weight excluding hydrogens is 467 g/mol. The van der Waals surface area contributed by atoms with E-state index in [1.807, 2.05) is 0 Å². The van der Waals surface area contributed by atoms with Crippen molar-refractivity contribution in [1.29, 1.82) is 0 Å². The zero-order valence-corrected chi connectivity index (χ0v) is 19.0. The first-order valence-corrected chi connectivity index (χ1v) is 12.2. The number of nitrogens with one attached hydrogen (secondary N) is 2. The van der Waals surface area contributed by atoms with Crippen molar-refractivity contribution in [1.82, 2.24) is 15.3 Å². The molecule has 11 heteroatoms. The first kappa shape index (κ1) is 22.6. The number of halogens is 3. The van der Waals surface area contributed by atoms with Crippen LogP contribution in [-0.4, -0.2) is 43.6 Å². The van der Waals surface area contributed by atoms with E-state index in [4.69, 9.17) is 0 Å². The molecule has 2 N–H and O–H groups in total. The van der Waals surface area contributed by atoms with Crippen molar-refractivity contribution in [3.8, 4) is 11.3 Å². The third-order valence-electron chi connectivity index (χ3n) is 6.17. The van der Waals surface area contributed by atoms with Gasteiger partial charge in [-0.15, -0.1) is 0 Å². The van der Waals surface area contributed by atoms with Crippen molar-refractivity contribution >= 4 is 21.7 Å². The van der Waals surface area contributed by atoms with Crippen LogP contribution in [0.4, 0.5) is 24.8 Å². The molecule has 2 fully saturated rings. The summed E-state index contributed by atoms with van der Waals surface area (Å²) in [5.74, 6) is 0.334. The number of hydrogen-bond donors (Lipinski definition) is 2. The van der Waals surface area contributed by atoms with Gasteiger partial charge in [-0.3, -0.25) is 4.72 Å². The molecule has 1 aromatic carbocycles. The molecule has 2 saturated heterocycles. The SMILES string of the molecule is Cc1ccccc1-c1nc(NS(=O)(=O)c2cccc(N3C[C@@H]4C[C@H]3CN4)n2)ccc1C(F)(F)F. The summed E-state index contributed by atoms with van der Waals surface area (Å²) >= 11 is 0. The number of benzene rings is 1. The second-order valence-electron chi connectivity index (χ2n) is 8.49. The molecule has 178 valence electrons. The lowest BCUT2D eigenvalue weighted by molar-refractivity contribution is -0.137. The van der Waals surface area contributed by atoms with E-state index in [-0.39, 0.29) is 28.1 Å². The van der Waals surface area contributed by atoms with Crippen molar-refractivity contribution in [3.05, 3.63) is 65.7 Å². The second-order valence-corrected chi connectivity index (χ2v) is 10.1. The summed E-state index contributed by atoms with van der Waals surface area (Å²) in [7, 11) is -4.18. The number of fused-ring (bicyclic) bond motifs is 2. The third kappa shape index (κ3) is 4.21. The average molecular weight is 490 g/mol. The summed E-state index contributed by atoms with van der Waals surface area (Å²) in [4.78, 5) is 10.5. The van der Waals surface area contributed by atoms with Crippen molar-refractivity contribution < 1.29 is 21.6 Å². The van der Waals surface area contributed by atoms with Gasteiger partial charge in [-0.2, -0.15) is 21.6 Å². The van der Waals surface area contributed by atoms with Crippen LogP contribution in [0.1, 0.15) is 17.5 Å². The Morgan fingerprint density at radius 2 is 1.85 bits per heavy atom. The third-order valence-corrected chi connectivity index (χ3v) is 7.43. The van der Waals surface area contributed by atoms with Gasteiger partial charge in [0.2, 0.25) is 0 Å². The molecule has 0 radical (unpaired) electrons. The van der Waals surface area contributed by atoms with E-state index in [0.29, 0.717) is 17.4 Å². The maximum Gasteiger partial charge on any atom is 0.418 e. The number of alkyl halides is 3. The van der Waals surface area contributed by atoms with Gasteiger partial charge in [0, 0.05) is 30.7 Å². The minimum absolute atomic E-state index is 0.220. The molecule has 3 aromatic rings. The summed E-state index contributed by atoms with van der Waals surface area (Å²) < 4.78 is 69.4. The zero-order valence-electron chi connectivity index (χ0n) is 18.2. The van der Waals surface area contributed by atoms with Gasteiger partial charge in [-0.05, 0) is 43.2 Å². The number of sulfonamides is 1. The van der Waals surface area contributed by atoms with Gasteiger partial charge in [-0.25, -0.2) is 9.97 Å². The number of aromatic nitrogens is 2. The molecule has 0 saturated carbocycles. The molecule has 0 amide bonds. The molecule has 5 rings (SSSR count). The number of rotatable bonds is 5. The molecule has 34 heavy (non-hydrogen) atoms.